The van der Waals surface area contributed by atoms with Crippen molar-refractivity contribution in [2.24, 2.45) is 11.8 Å². The molecule has 2 aliphatic carbocycles. The third-order valence-electron chi connectivity index (χ3n) is 3.75. The zero-order chi connectivity index (χ0) is 14.2. The third kappa shape index (κ3) is 3.14. The zero-order valence-corrected chi connectivity index (χ0v) is 11.6. The fraction of sp³-hybridized carbons (Fsp3) is 0.500. The molecule has 0 heterocycles. The second kappa shape index (κ2) is 4.95. The van der Waals surface area contributed by atoms with Crippen molar-refractivity contribution in [3.63, 3.8) is 0 Å². The Morgan fingerprint density at radius 3 is 2.58 bits per heavy atom. The normalized spacial score (nSPS) is 28.3. The first-order chi connectivity index (χ1) is 8.77. The minimum absolute atomic E-state index is 0.0133. The van der Waals surface area contributed by atoms with Crippen LogP contribution in [0.2, 0.25) is 0 Å². The number of rotatable bonds is 2. The van der Waals surface area contributed by atoms with E-state index in [2.05, 4.69) is 19.1 Å². The number of hydrogen-bond donors (Lipinski definition) is 1. The van der Waals surface area contributed by atoms with Gasteiger partial charge in [-0.25, -0.2) is 8.78 Å². The van der Waals surface area contributed by atoms with Crippen molar-refractivity contribution in [2.75, 3.05) is 0 Å². The average Bonchev–Trinajstić information content (AvgIpc) is 2.26. The van der Waals surface area contributed by atoms with Gasteiger partial charge in [0.2, 0.25) is 0 Å². The van der Waals surface area contributed by atoms with Gasteiger partial charge in [-0.1, -0.05) is 25.2 Å². The third-order valence-corrected chi connectivity index (χ3v) is 3.75. The molecule has 104 valence electrons. The van der Waals surface area contributed by atoms with Crippen molar-refractivity contribution in [1.29, 1.82) is 0 Å². The maximum Gasteiger partial charge on any atom is 0.252 e. The lowest BCUT2D eigenvalue weighted by atomic mass is 9.82. The molecule has 19 heavy (non-hydrogen) atoms. The van der Waals surface area contributed by atoms with E-state index < -0.39 is 11.8 Å². The van der Waals surface area contributed by atoms with E-state index in [9.17, 15) is 13.9 Å². The Bertz CT molecular complexity index is 489. The first-order valence-electron chi connectivity index (χ1n) is 6.66. The average molecular weight is 266 g/mol. The maximum atomic E-state index is 13.5. The zero-order valence-electron chi connectivity index (χ0n) is 11.6. The summed E-state index contributed by atoms with van der Waals surface area (Å²) in [6.07, 6.45) is 8.35. The number of allylic oxidation sites excluding steroid dienone is 8. The molecule has 0 saturated carbocycles. The Hall–Kier alpha value is -1.38. The van der Waals surface area contributed by atoms with E-state index in [-0.39, 0.29) is 12.2 Å². The van der Waals surface area contributed by atoms with Crippen molar-refractivity contribution >= 4 is 0 Å². The molecule has 2 atom stereocenters. The molecule has 0 fully saturated rings. The number of aliphatic hydroxyl groups excluding tert-OH is 1. The SMILES string of the molecule is CC1=CC(C)CC=C1C1=CC(C(C)(F)F)CC(O)=C1. The highest BCUT2D eigenvalue weighted by molar-refractivity contribution is 5.54. The van der Waals surface area contributed by atoms with Crippen LogP contribution in [0.5, 0.6) is 0 Å². The van der Waals surface area contributed by atoms with Gasteiger partial charge in [-0.15, -0.1) is 0 Å². The molecule has 0 saturated heterocycles. The van der Waals surface area contributed by atoms with Crippen LogP contribution in [0, 0.1) is 11.8 Å². The van der Waals surface area contributed by atoms with Crippen molar-refractivity contribution in [1.82, 2.24) is 0 Å². The van der Waals surface area contributed by atoms with Gasteiger partial charge in [0.15, 0.2) is 0 Å². The highest BCUT2D eigenvalue weighted by Gasteiger charge is 2.35. The van der Waals surface area contributed by atoms with Gasteiger partial charge in [-0.05, 0) is 49.0 Å². The van der Waals surface area contributed by atoms with E-state index >= 15 is 0 Å². The molecule has 2 unspecified atom stereocenters. The van der Waals surface area contributed by atoms with Gasteiger partial charge >= 0.3 is 0 Å². The molecule has 2 aliphatic rings. The number of halogens is 2. The molecule has 3 heteroatoms. The Morgan fingerprint density at radius 1 is 1.32 bits per heavy atom. The first-order valence-corrected chi connectivity index (χ1v) is 6.66. The summed E-state index contributed by atoms with van der Waals surface area (Å²) in [5.41, 5.74) is 2.78. The van der Waals surface area contributed by atoms with Crippen LogP contribution < -0.4 is 0 Å². The van der Waals surface area contributed by atoms with Gasteiger partial charge < -0.3 is 5.11 Å². The predicted octanol–water partition coefficient (Wildman–Crippen LogP) is 4.94. The first kappa shape index (κ1) is 14.0. The lowest BCUT2D eigenvalue weighted by Crippen LogP contribution is -2.25. The van der Waals surface area contributed by atoms with Crippen LogP contribution in [0.15, 0.2) is 46.8 Å². The molecule has 0 amide bonds. The molecule has 1 nitrogen and oxygen atoms in total. The Morgan fingerprint density at radius 2 is 2.00 bits per heavy atom. The molecule has 1 N–H and O–H groups in total. The van der Waals surface area contributed by atoms with Crippen LogP contribution in [0.3, 0.4) is 0 Å². The Balaban J connectivity index is 2.34. The second-order valence-electron chi connectivity index (χ2n) is 5.71. The summed E-state index contributed by atoms with van der Waals surface area (Å²) in [5, 5.41) is 9.72. The van der Waals surface area contributed by atoms with E-state index in [1.54, 1.807) is 12.2 Å². The summed E-state index contributed by atoms with van der Waals surface area (Å²) in [5.74, 6) is -3.22. The van der Waals surface area contributed by atoms with Crippen LogP contribution in [-0.4, -0.2) is 11.0 Å². The molecule has 0 aromatic heterocycles. The predicted molar refractivity (Wildman–Crippen MR) is 73.1 cm³/mol. The summed E-state index contributed by atoms with van der Waals surface area (Å²) in [4.78, 5) is 0. The van der Waals surface area contributed by atoms with Crippen LogP contribution in [0.25, 0.3) is 0 Å². The van der Waals surface area contributed by atoms with Crippen LogP contribution in [0.1, 0.15) is 33.6 Å². The summed E-state index contributed by atoms with van der Waals surface area (Å²) >= 11 is 0. The fourth-order valence-corrected chi connectivity index (χ4v) is 2.68. The number of alkyl halides is 2. The Labute approximate surface area is 113 Å². The van der Waals surface area contributed by atoms with Crippen molar-refractivity contribution < 1.29 is 13.9 Å². The standard InChI is InChI=1S/C16H20F2O/c1-10-4-5-15(11(2)6-10)12-7-13(16(3,17)18)9-14(19)8-12/h5-8,10,13,19H,4,9H2,1-3H3. The molecule has 0 radical (unpaired) electrons. The van der Waals surface area contributed by atoms with Crippen molar-refractivity contribution in [3.8, 4) is 0 Å². The minimum atomic E-state index is -2.81. The van der Waals surface area contributed by atoms with Gasteiger partial charge in [-0.2, -0.15) is 0 Å². The van der Waals surface area contributed by atoms with Crippen LogP contribution in [-0.2, 0) is 0 Å². The highest BCUT2D eigenvalue weighted by Crippen LogP contribution is 2.38. The van der Waals surface area contributed by atoms with E-state index in [4.69, 9.17) is 0 Å². The van der Waals surface area contributed by atoms with Gasteiger partial charge in [-0.3, -0.25) is 0 Å². The molecule has 0 aromatic rings. The number of hydrogen-bond acceptors (Lipinski definition) is 1. The van der Waals surface area contributed by atoms with Gasteiger partial charge in [0.1, 0.15) is 0 Å². The molecule has 0 aliphatic heterocycles. The quantitative estimate of drug-likeness (QED) is 0.750. The van der Waals surface area contributed by atoms with Crippen molar-refractivity contribution in [2.45, 2.75) is 39.5 Å². The van der Waals surface area contributed by atoms with E-state index in [0.29, 0.717) is 5.92 Å². The molecule has 0 aromatic carbocycles. The molecule has 0 spiro atoms. The summed E-state index contributed by atoms with van der Waals surface area (Å²) < 4.78 is 26.9. The largest absolute Gasteiger partial charge is 0.512 e. The summed E-state index contributed by atoms with van der Waals surface area (Å²) in [6.45, 7) is 5.02. The molecular weight excluding hydrogens is 246 g/mol. The van der Waals surface area contributed by atoms with Gasteiger partial charge in [0, 0.05) is 12.3 Å². The number of aliphatic hydroxyl groups is 1. The minimum Gasteiger partial charge on any atom is -0.512 e. The van der Waals surface area contributed by atoms with E-state index in [1.807, 2.05) is 6.92 Å². The van der Waals surface area contributed by atoms with Gasteiger partial charge in [0.25, 0.3) is 5.92 Å². The van der Waals surface area contributed by atoms with E-state index in [0.717, 1.165) is 30.1 Å². The molecule has 0 bridgehead atoms. The maximum absolute atomic E-state index is 13.5. The lowest BCUT2D eigenvalue weighted by Gasteiger charge is -2.26. The molecular formula is C16H20F2O. The van der Waals surface area contributed by atoms with Crippen molar-refractivity contribution in [3.05, 3.63) is 46.8 Å². The Kier molecular flexibility index (Phi) is 3.66. The van der Waals surface area contributed by atoms with Crippen LogP contribution in [0.4, 0.5) is 8.78 Å². The van der Waals surface area contributed by atoms with E-state index in [1.165, 1.54) is 0 Å². The second-order valence-corrected chi connectivity index (χ2v) is 5.71. The fourth-order valence-electron chi connectivity index (χ4n) is 2.68. The van der Waals surface area contributed by atoms with Gasteiger partial charge in [0.05, 0.1) is 5.76 Å². The summed E-state index contributed by atoms with van der Waals surface area (Å²) in [7, 11) is 0. The highest BCUT2D eigenvalue weighted by atomic mass is 19.3. The summed E-state index contributed by atoms with van der Waals surface area (Å²) in [6, 6.07) is 0. The monoisotopic (exact) mass is 266 g/mol. The van der Waals surface area contributed by atoms with Crippen LogP contribution >= 0.6 is 0 Å². The smallest absolute Gasteiger partial charge is 0.252 e. The molecule has 2 rings (SSSR count). The lowest BCUT2D eigenvalue weighted by molar-refractivity contribution is -0.0244. The topological polar surface area (TPSA) is 20.2 Å².